The summed E-state index contributed by atoms with van der Waals surface area (Å²) in [6, 6.07) is 0. The molecule has 1 aromatic rings. The number of thiazole rings is 1. The molecule has 1 fully saturated rings. The fraction of sp³-hybridized carbons (Fsp3) is 0.769. The number of anilines is 1. The number of nitrogens with one attached hydrogen (secondary N) is 1. The molecule has 1 N–H and O–H groups in total. The number of methoxy groups -OCH3 is 1. The topological polar surface area (TPSA) is 37.4 Å². The highest BCUT2D eigenvalue weighted by Gasteiger charge is 2.20. The van der Waals surface area contributed by atoms with Crippen LogP contribution in [-0.2, 0) is 4.74 Å². The number of aromatic nitrogens is 1. The van der Waals surface area contributed by atoms with Gasteiger partial charge in [0, 0.05) is 32.1 Å². The monoisotopic (exact) mass is 269 g/mol. The van der Waals surface area contributed by atoms with Gasteiger partial charge in [-0.15, -0.1) is 11.3 Å². The summed E-state index contributed by atoms with van der Waals surface area (Å²) >= 11 is 1.76. The number of piperidine rings is 1. The second kappa shape index (κ2) is 7.07. The lowest BCUT2D eigenvalue weighted by Crippen LogP contribution is -2.37. The van der Waals surface area contributed by atoms with Crippen LogP contribution >= 0.6 is 11.3 Å². The molecule has 0 aromatic carbocycles. The maximum absolute atomic E-state index is 5.03. The Hall–Kier alpha value is -0.650. The molecule has 4 nitrogen and oxygen atoms in total. The summed E-state index contributed by atoms with van der Waals surface area (Å²) in [5, 5.41) is 6.78. The Labute approximate surface area is 113 Å². The number of rotatable bonds is 6. The van der Waals surface area contributed by atoms with Gasteiger partial charge in [-0.3, -0.25) is 0 Å². The van der Waals surface area contributed by atoms with Gasteiger partial charge in [0.2, 0.25) is 0 Å². The van der Waals surface area contributed by atoms with Gasteiger partial charge in [-0.05, 0) is 32.2 Å². The van der Waals surface area contributed by atoms with Gasteiger partial charge in [-0.25, -0.2) is 4.98 Å². The molecule has 0 unspecified atom stereocenters. The zero-order chi connectivity index (χ0) is 12.8. The van der Waals surface area contributed by atoms with Gasteiger partial charge < -0.3 is 15.0 Å². The third-order valence-electron chi connectivity index (χ3n) is 3.41. The zero-order valence-corrected chi connectivity index (χ0v) is 12.1. The predicted molar refractivity (Wildman–Crippen MR) is 76.5 cm³/mol. The molecule has 5 heteroatoms. The Morgan fingerprint density at radius 3 is 2.89 bits per heavy atom. The molecule has 1 saturated heterocycles. The van der Waals surface area contributed by atoms with Crippen LogP contribution in [0.2, 0.25) is 0 Å². The van der Waals surface area contributed by atoms with Gasteiger partial charge >= 0.3 is 0 Å². The van der Waals surface area contributed by atoms with Gasteiger partial charge in [0.15, 0.2) is 5.13 Å². The molecular weight excluding hydrogens is 246 g/mol. The molecular formula is C13H23N3OS. The smallest absolute Gasteiger partial charge is 0.185 e. The Bertz CT molecular complexity index is 348. The second-order valence-electron chi connectivity index (χ2n) is 4.90. The van der Waals surface area contributed by atoms with Crippen molar-refractivity contribution in [3.05, 3.63) is 11.1 Å². The molecule has 0 atom stereocenters. The highest BCUT2D eigenvalue weighted by molar-refractivity contribution is 7.13. The van der Waals surface area contributed by atoms with Crippen LogP contribution in [0, 0.1) is 12.8 Å². The van der Waals surface area contributed by atoms with E-state index in [9.17, 15) is 0 Å². The van der Waals surface area contributed by atoms with Crippen molar-refractivity contribution in [3.8, 4) is 0 Å². The third-order valence-corrected chi connectivity index (χ3v) is 4.43. The molecule has 2 heterocycles. The quantitative estimate of drug-likeness (QED) is 0.801. The van der Waals surface area contributed by atoms with Crippen LogP contribution in [0.5, 0.6) is 0 Å². The van der Waals surface area contributed by atoms with E-state index >= 15 is 0 Å². The van der Waals surface area contributed by atoms with Crippen molar-refractivity contribution in [3.63, 3.8) is 0 Å². The molecule has 1 aromatic heterocycles. The van der Waals surface area contributed by atoms with Crippen LogP contribution in [0.15, 0.2) is 5.38 Å². The van der Waals surface area contributed by atoms with E-state index in [4.69, 9.17) is 4.74 Å². The van der Waals surface area contributed by atoms with Gasteiger partial charge in [-0.2, -0.15) is 0 Å². The molecule has 0 spiro atoms. The molecule has 0 saturated carbocycles. The van der Waals surface area contributed by atoms with Crippen LogP contribution in [0.25, 0.3) is 0 Å². The first-order valence-electron chi connectivity index (χ1n) is 6.66. The fourth-order valence-corrected chi connectivity index (χ4v) is 3.15. The van der Waals surface area contributed by atoms with Crippen molar-refractivity contribution in [2.75, 3.05) is 44.8 Å². The minimum Gasteiger partial charge on any atom is -0.383 e. The Kier molecular flexibility index (Phi) is 5.41. The average molecular weight is 269 g/mol. The minimum absolute atomic E-state index is 0.803. The summed E-state index contributed by atoms with van der Waals surface area (Å²) < 4.78 is 5.03. The van der Waals surface area contributed by atoms with E-state index in [1.807, 2.05) is 0 Å². The molecule has 0 amide bonds. The lowest BCUT2D eigenvalue weighted by molar-refractivity contribution is 0.197. The fourth-order valence-electron chi connectivity index (χ4n) is 2.30. The van der Waals surface area contributed by atoms with E-state index in [2.05, 4.69) is 27.5 Å². The van der Waals surface area contributed by atoms with E-state index in [0.717, 1.165) is 44.4 Å². The maximum atomic E-state index is 5.03. The van der Waals surface area contributed by atoms with Gasteiger partial charge in [-0.1, -0.05) is 0 Å². The molecule has 0 bridgehead atoms. The lowest BCUT2D eigenvalue weighted by atomic mass is 9.97. The van der Waals surface area contributed by atoms with Crippen LogP contribution in [-0.4, -0.2) is 44.9 Å². The summed E-state index contributed by atoms with van der Waals surface area (Å²) in [6.07, 6.45) is 2.53. The second-order valence-corrected chi connectivity index (χ2v) is 5.74. The number of aryl methyl sites for hydroxylation is 1. The first kappa shape index (κ1) is 13.8. The van der Waals surface area contributed by atoms with E-state index < -0.39 is 0 Å². The number of hydrogen-bond acceptors (Lipinski definition) is 5. The predicted octanol–water partition coefficient (Wildman–Crippen LogP) is 1.90. The summed E-state index contributed by atoms with van der Waals surface area (Å²) in [5.74, 6) is 0.805. The molecule has 102 valence electrons. The molecule has 1 aliphatic rings. The van der Waals surface area contributed by atoms with Crippen molar-refractivity contribution < 1.29 is 4.74 Å². The van der Waals surface area contributed by atoms with Crippen molar-refractivity contribution in [1.82, 2.24) is 10.3 Å². The van der Waals surface area contributed by atoms with Crippen molar-refractivity contribution in [2.45, 2.75) is 19.8 Å². The Morgan fingerprint density at radius 1 is 1.50 bits per heavy atom. The summed E-state index contributed by atoms with van der Waals surface area (Å²) in [7, 11) is 1.75. The Morgan fingerprint density at radius 2 is 2.28 bits per heavy atom. The first-order valence-corrected chi connectivity index (χ1v) is 7.54. The van der Waals surface area contributed by atoms with Crippen LogP contribution in [0.1, 0.15) is 18.5 Å². The van der Waals surface area contributed by atoms with E-state index in [1.54, 1.807) is 18.4 Å². The maximum Gasteiger partial charge on any atom is 0.185 e. The summed E-state index contributed by atoms with van der Waals surface area (Å²) in [6.45, 7) is 7.23. The van der Waals surface area contributed by atoms with Crippen LogP contribution in [0.3, 0.4) is 0 Å². The molecule has 0 radical (unpaired) electrons. The summed E-state index contributed by atoms with van der Waals surface area (Å²) in [4.78, 5) is 6.98. The standard InChI is InChI=1S/C13H23N3OS/c1-11-10-18-13(15-11)16-6-3-12(4-7-16)9-14-5-8-17-2/h10,12,14H,3-9H2,1-2H3. The molecule has 2 rings (SSSR count). The first-order chi connectivity index (χ1) is 8.79. The molecule has 0 aliphatic carbocycles. The van der Waals surface area contributed by atoms with Crippen LogP contribution < -0.4 is 10.2 Å². The summed E-state index contributed by atoms with van der Waals surface area (Å²) in [5.41, 5.74) is 1.14. The van der Waals surface area contributed by atoms with Gasteiger partial charge in [0.25, 0.3) is 0 Å². The average Bonchev–Trinajstić information content (AvgIpc) is 2.82. The Balaban J connectivity index is 1.68. The zero-order valence-electron chi connectivity index (χ0n) is 11.3. The number of hydrogen-bond donors (Lipinski definition) is 1. The van der Waals surface area contributed by atoms with Crippen molar-refractivity contribution in [1.29, 1.82) is 0 Å². The highest BCUT2D eigenvalue weighted by Crippen LogP contribution is 2.25. The normalized spacial score (nSPS) is 17.3. The van der Waals surface area contributed by atoms with E-state index in [0.29, 0.717) is 0 Å². The third kappa shape index (κ3) is 3.93. The largest absolute Gasteiger partial charge is 0.383 e. The van der Waals surface area contributed by atoms with Crippen molar-refractivity contribution >= 4 is 16.5 Å². The van der Waals surface area contributed by atoms with Gasteiger partial charge in [0.1, 0.15) is 0 Å². The number of ether oxygens (including phenoxy) is 1. The molecule has 18 heavy (non-hydrogen) atoms. The van der Waals surface area contributed by atoms with E-state index in [1.165, 1.54) is 18.0 Å². The lowest BCUT2D eigenvalue weighted by Gasteiger charge is -2.31. The van der Waals surface area contributed by atoms with Gasteiger partial charge in [0.05, 0.1) is 12.3 Å². The minimum atomic E-state index is 0.803. The van der Waals surface area contributed by atoms with Crippen LogP contribution in [0.4, 0.5) is 5.13 Å². The SMILES string of the molecule is COCCNCC1CCN(c2nc(C)cs2)CC1. The number of nitrogens with zero attached hydrogens (tertiary/aromatic N) is 2. The highest BCUT2D eigenvalue weighted by atomic mass is 32.1. The van der Waals surface area contributed by atoms with E-state index in [-0.39, 0.29) is 0 Å². The molecule has 1 aliphatic heterocycles. The van der Waals surface area contributed by atoms with Crippen molar-refractivity contribution in [2.24, 2.45) is 5.92 Å².